The van der Waals surface area contributed by atoms with Gasteiger partial charge in [0.25, 0.3) is 5.91 Å². The summed E-state index contributed by atoms with van der Waals surface area (Å²) in [6, 6.07) is 4.97. The number of hydrogen-bond donors (Lipinski definition) is 2. The van der Waals surface area contributed by atoms with Crippen LogP contribution in [0.3, 0.4) is 0 Å². The highest BCUT2D eigenvalue weighted by Gasteiger charge is 2.09. The molecule has 0 radical (unpaired) electrons. The first kappa shape index (κ1) is 14.3. The van der Waals surface area contributed by atoms with E-state index in [4.69, 9.17) is 5.11 Å². The van der Waals surface area contributed by atoms with Crippen molar-refractivity contribution in [2.75, 3.05) is 5.32 Å². The van der Waals surface area contributed by atoms with E-state index in [1.165, 1.54) is 18.5 Å². The molecular weight excluding hydrogens is 272 g/mol. The molecule has 1 heterocycles. The molecule has 7 heteroatoms. The lowest BCUT2D eigenvalue weighted by Gasteiger charge is -2.06. The van der Waals surface area contributed by atoms with Crippen molar-refractivity contribution in [1.29, 1.82) is 0 Å². The largest absolute Gasteiger partial charge is 0.478 e. The van der Waals surface area contributed by atoms with E-state index in [9.17, 15) is 9.59 Å². The molecule has 0 saturated carbocycles. The van der Waals surface area contributed by atoms with Gasteiger partial charge in [-0.15, -0.1) is 5.10 Å². The van der Waals surface area contributed by atoms with Crippen molar-refractivity contribution in [1.82, 2.24) is 15.2 Å². The van der Waals surface area contributed by atoms with Gasteiger partial charge in [0.05, 0.1) is 12.4 Å². The lowest BCUT2D eigenvalue weighted by Crippen LogP contribution is -2.14. The number of anilines is 1. The Morgan fingerprint density at radius 3 is 2.76 bits per heavy atom. The molecule has 2 rings (SSSR count). The van der Waals surface area contributed by atoms with Gasteiger partial charge in [0.2, 0.25) is 5.95 Å². The van der Waals surface area contributed by atoms with E-state index in [2.05, 4.69) is 20.5 Å². The van der Waals surface area contributed by atoms with Gasteiger partial charge in [-0.3, -0.25) is 10.1 Å². The third kappa shape index (κ3) is 3.93. The minimum absolute atomic E-state index is 0.103. The van der Waals surface area contributed by atoms with Crippen LogP contribution in [-0.2, 0) is 4.79 Å². The average molecular weight is 284 g/mol. The number of carbonyl (C=O) groups is 2. The van der Waals surface area contributed by atoms with Gasteiger partial charge in [-0.25, -0.2) is 9.78 Å². The Morgan fingerprint density at radius 1 is 1.29 bits per heavy atom. The Morgan fingerprint density at radius 2 is 2.10 bits per heavy atom. The second kappa shape index (κ2) is 6.38. The Hall–Kier alpha value is -3.09. The predicted molar refractivity (Wildman–Crippen MR) is 75.6 cm³/mol. The van der Waals surface area contributed by atoms with E-state index in [1.54, 1.807) is 18.2 Å². The maximum absolute atomic E-state index is 12.1. The minimum Gasteiger partial charge on any atom is -0.478 e. The fourth-order valence-electron chi connectivity index (χ4n) is 1.60. The van der Waals surface area contributed by atoms with Crippen LogP contribution in [0, 0.1) is 6.92 Å². The second-order valence-electron chi connectivity index (χ2n) is 4.16. The molecule has 106 valence electrons. The van der Waals surface area contributed by atoms with E-state index < -0.39 is 11.9 Å². The van der Waals surface area contributed by atoms with Crippen molar-refractivity contribution in [3.8, 4) is 0 Å². The zero-order chi connectivity index (χ0) is 15.2. The predicted octanol–water partition coefficient (Wildman–Crippen LogP) is 1.53. The van der Waals surface area contributed by atoms with Crippen LogP contribution < -0.4 is 5.32 Å². The lowest BCUT2D eigenvalue weighted by atomic mass is 10.0. The molecule has 0 spiro atoms. The molecule has 21 heavy (non-hydrogen) atoms. The molecule has 0 aliphatic heterocycles. The zero-order valence-corrected chi connectivity index (χ0v) is 11.1. The van der Waals surface area contributed by atoms with E-state index >= 15 is 0 Å². The number of carboxylic acids is 1. The number of nitrogens with zero attached hydrogens (tertiary/aromatic N) is 3. The Bertz CT molecular complexity index is 699. The van der Waals surface area contributed by atoms with Crippen LogP contribution in [0.5, 0.6) is 0 Å². The monoisotopic (exact) mass is 284 g/mol. The van der Waals surface area contributed by atoms with Gasteiger partial charge in [0, 0.05) is 11.6 Å². The van der Waals surface area contributed by atoms with Crippen molar-refractivity contribution in [3.05, 3.63) is 53.4 Å². The summed E-state index contributed by atoms with van der Waals surface area (Å²) >= 11 is 0. The van der Waals surface area contributed by atoms with Crippen LogP contribution in [-0.4, -0.2) is 32.2 Å². The second-order valence-corrected chi connectivity index (χ2v) is 4.16. The van der Waals surface area contributed by atoms with Gasteiger partial charge in [-0.05, 0) is 36.3 Å². The number of hydrogen-bond acceptors (Lipinski definition) is 5. The Labute approximate surface area is 120 Å². The number of nitrogens with one attached hydrogen (secondary N) is 1. The number of benzene rings is 1. The van der Waals surface area contributed by atoms with Crippen molar-refractivity contribution in [3.63, 3.8) is 0 Å². The van der Waals surface area contributed by atoms with Crippen LogP contribution in [0.1, 0.15) is 21.5 Å². The van der Waals surface area contributed by atoms with Gasteiger partial charge >= 0.3 is 5.97 Å². The van der Waals surface area contributed by atoms with Crippen molar-refractivity contribution in [2.45, 2.75) is 6.92 Å². The van der Waals surface area contributed by atoms with Crippen molar-refractivity contribution in [2.24, 2.45) is 0 Å². The molecule has 0 fully saturated rings. The van der Waals surface area contributed by atoms with Crippen LogP contribution >= 0.6 is 0 Å². The molecule has 2 aromatic rings. The summed E-state index contributed by atoms with van der Waals surface area (Å²) < 4.78 is 0. The molecule has 0 saturated heterocycles. The van der Waals surface area contributed by atoms with E-state index in [0.717, 1.165) is 11.6 Å². The lowest BCUT2D eigenvalue weighted by molar-refractivity contribution is -0.131. The molecule has 2 N–H and O–H groups in total. The maximum Gasteiger partial charge on any atom is 0.328 e. The molecule has 0 bridgehead atoms. The fraction of sp³-hybridized carbons (Fsp3) is 0.0714. The number of aromatic nitrogens is 3. The highest BCUT2D eigenvalue weighted by atomic mass is 16.4. The van der Waals surface area contributed by atoms with Crippen LogP contribution in [0.4, 0.5) is 5.95 Å². The van der Waals surface area contributed by atoms with Gasteiger partial charge in [0.15, 0.2) is 0 Å². The number of aliphatic carboxylic acids is 1. The molecule has 7 nitrogen and oxygen atoms in total. The summed E-state index contributed by atoms with van der Waals surface area (Å²) in [5.41, 5.74) is 1.89. The topological polar surface area (TPSA) is 105 Å². The first-order valence-electron chi connectivity index (χ1n) is 6.03. The van der Waals surface area contributed by atoms with E-state index in [-0.39, 0.29) is 5.95 Å². The van der Waals surface area contributed by atoms with Crippen molar-refractivity contribution < 1.29 is 14.7 Å². The summed E-state index contributed by atoms with van der Waals surface area (Å²) in [5.74, 6) is -1.34. The minimum atomic E-state index is -1.05. The Balaban J connectivity index is 2.22. The highest BCUT2D eigenvalue weighted by molar-refractivity contribution is 6.03. The molecule has 1 amide bonds. The number of aryl methyl sites for hydroxylation is 1. The van der Waals surface area contributed by atoms with Crippen molar-refractivity contribution >= 4 is 23.9 Å². The van der Waals surface area contributed by atoms with Crippen LogP contribution in [0.15, 0.2) is 36.7 Å². The fourth-order valence-corrected chi connectivity index (χ4v) is 1.60. The number of amides is 1. The molecule has 1 aromatic carbocycles. The first-order chi connectivity index (χ1) is 10.1. The van der Waals surface area contributed by atoms with Crippen LogP contribution in [0.25, 0.3) is 6.08 Å². The molecule has 1 aromatic heterocycles. The molecular formula is C14H12N4O3. The summed E-state index contributed by atoms with van der Waals surface area (Å²) in [5, 5.41) is 18.4. The quantitative estimate of drug-likeness (QED) is 0.825. The molecule has 0 aliphatic rings. The SMILES string of the molecule is Cc1ccc(C(=O)Nc2nccnn2)cc1/C=C/C(=O)O. The van der Waals surface area contributed by atoms with Gasteiger partial charge in [-0.2, -0.15) is 5.10 Å². The van der Waals surface area contributed by atoms with Crippen LogP contribution in [0.2, 0.25) is 0 Å². The zero-order valence-electron chi connectivity index (χ0n) is 11.1. The molecule has 0 aliphatic carbocycles. The van der Waals surface area contributed by atoms with Gasteiger partial charge in [0.1, 0.15) is 0 Å². The normalized spacial score (nSPS) is 10.5. The third-order valence-corrected chi connectivity index (χ3v) is 2.65. The first-order valence-corrected chi connectivity index (χ1v) is 6.03. The number of carbonyl (C=O) groups excluding carboxylic acids is 1. The summed E-state index contributed by atoms with van der Waals surface area (Å²) in [6.07, 6.45) is 5.28. The van der Waals surface area contributed by atoms with E-state index in [0.29, 0.717) is 11.1 Å². The van der Waals surface area contributed by atoms with Gasteiger partial charge < -0.3 is 5.11 Å². The summed E-state index contributed by atoms with van der Waals surface area (Å²) in [4.78, 5) is 26.5. The maximum atomic E-state index is 12.1. The van der Waals surface area contributed by atoms with Gasteiger partial charge in [-0.1, -0.05) is 6.07 Å². The highest BCUT2D eigenvalue weighted by Crippen LogP contribution is 2.14. The number of rotatable bonds is 4. The molecule has 0 unspecified atom stereocenters. The third-order valence-electron chi connectivity index (χ3n) is 2.65. The van der Waals surface area contributed by atoms with E-state index in [1.807, 2.05) is 6.92 Å². The average Bonchev–Trinajstić information content (AvgIpc) is 2.47. The Kier molecular flexibility index (Phi) is 4.35. The summed E-state index contributed by atoms with van der Waals surface area (Å²) in [6.45, 7) is 1.83. The molecule has 0 atom stereocenters. The summed E-state index contributed by atoms with van der Waals surface area (Å²) in [7, 11) is 0. The number of carboxylic acid groups (broad SMARTS) is 1. The smallest absolute Gasteiger partial charge is 0.328 e. The standard InChI is InChI=1S/C14H12N4O3/c1-9-2-3-11(8-10(9)4-5-12(19)20)13(21)17-14-15-6-7-16-18-14/h2-8H,1H3,(H,19,20)(H,15,17,18,21)/b5-4+.